The Hall–Kier alpha value is -3.94. The Morgan fingerprint density at radius 3 is 2.16 bits per heavy atom. The van der Waals surface area contributed by atoms with Crippen molar-refractivity contribution in [2.24, 2.45) is 41.4 Å². The number of nitrogens with zero attached hydrogens (tertiary/aromatic N) is 2. The first-order valence-electron chi connectivity index (χ1n) is 12.8. The highest BCUT2D eigenvalue weighted by molar-refractivity contribution is 6.22. The molecular formula is C29H26N2O6. The smallest absolute Gasteiger partial charge is 0.316 e. The Balaban J connectivity index is 1.07. The number of benzene rings is 2. The van der Waals surface area contributed by atoms with Crippen molar-refractivity contribution < 1.29 is 28.7 Å². The monoisotopic (exact) mass is 498 g/mol. The number of carbonyl (C=O) groups excluding carboxylic acids is 4. The molecule has 8 rings (SSSR count). The summed E-state index contributed by atoms with van der Waals surface area (Å²) in [6, 6.07) is 13.7. The molecule has 4 aliphatic carbocycles. The molecule has 2 saturated carbocycles. The van der Waals surface area contributed by atoms with Crippen LogP contribution in [0.2, 0.25) is 0 Å². The van der Waals surface area contributed by atoms with E-state index < -0.39 is 11.9 Å². The van der Waals surface area contributed by atoms with Crippen LogP contribution in [-0.2, 0) is 19.2 Å². The van der Waals surface area contributed by atoms with Crippen LogP contribution in [0.3, 0.4) is 0 Å². The predicted molar refractivity (Wildman–Crippen MR) is 133 cm³/mol. The molecule has 0 N–H and O–H groups in total. The number of ether oxygens (including phenoxy) is 2. The quantitative estimate of drug-likeness (QED) is 0.272. The van der Waals surface area contributed by atoms with Gasteiger partial charge in [0.1, 0.15) is 11.5 Å². The second kappa shape index (κ2) is 8.03. The molecule has 7 atom stereocenters. The van der Waals surface area contributed by atoms with Gasteiger partial charge in [-0.25, -0.2) is 4.90 Å². The second-order valence-corrected chi connectivity index (χ2v) is 10.7. The van der Waals surface area contributed by atoms with Gasteiger partial charge in [-0.1, -0.05) is 24.3 Å². The average molecular weight is 499 g/mol. The molecule has 2 saturated heterocycles. The van der Waals surface area contributed by atoms with Crippen LogP contribution in [-0.4, -0.2) is 37.3 Å². The van der Waals surface area contributed by atoms with E-state index in [-0.39, 0.29) is 60.1 Å². The fourth-order valence-electron chi connectivity index (χ4n) is 6.99. The minimum atomic E-state index is -0.631. The van der Waals surface area contributed by atoms with Gasteiger partial charge in [0, 0.05) is 30.8 Å². The maximum atomic E-state index is 13.4. The van der Waals surface area contributed by atoms with Gasteiger partial charge in [0.2, 0.25) is 17.7 Å². The largest absolute Gasteiger partial charge is 0.497 e. The molecule has 2 bridgehead atoms. The van der Waals surface area contributed by atoms with Crippen molar-refractivity contribution >= 4 is 35.1 Å². The Morgan fingerprint density at radius 2 is 1.49 bits per heavy atom. The van der Waals surface area contributed by atoms with Crippen molar-refractivity contribution in [1.29, 1.82) is 0 Å². The van der Waals surface area contributed by atoms with Crippen molar-refractivity contribution in [2.75, 3.05) is 23.5 Å². The van der Waals surface area contributed by atoms with Gasteiger partial charge in [-0.2, -0.15) is 0 Å². The van der Waals surface area contributed by atoms with Gasteiger partial charge in [-0.3, -0.25) is 19.2 Å². The summed E-state index contributed by atoms with van der Waals surface area (Å²) in [5.41, 5.74) is 1.08. The minimum absolute atomic E-state index is 0.0420. The number of hydrogen-bond donors (Lipinski definition) is 0. The van der Waals surface area contributed by atoms with E-state index in [0.717, 1.165) is 6.42 Å². The molecule has 0 unspecified atom stereocenters. The highest BCUT2D eigenvalue weighted by Crippen LogP contribution is 2.65. The van der Waals surface area contributed by atoms with Crippen LogP contribution in [0.15, 0.2) is 60.7 Å². The van der Waals surface area contributed by atoms with E-state index in [1.165, 1.54) is 4.90 Å². The summed E-state index contributed by atoms with van der Waals surface area (Å²) < 4.78 is 10.9. The van der Waals surface area contributed by atoms with Gasteiger partial charge >= 0.3 is 5.97 Å². The molecular weight excluding hydrogens is 472 g/mol. The zero-order valence-corrected chi connectivity index (χ0v) is 20.3. The molecule has 2 aromatic rings. The first-order valence-corrected chi connectivity index (χ1v) is 12.8. The number of imide groups is 1. The Morgan fingerprint density at radius 1 is 0.865 bits per heavy atom. The first kappa shape index (κ1) is 22.3. The Labute approximate surface area is 213 Å². The summed E-state index contributed by atoms with van der Waals surface area (Å²) in [6.45, 7) is 0.203. The minimum Gasteiger partial charge on any atom is -0.497 e. The highest BCUT2D eigenvalue weighted by atomic mass is 16.5. The molecule has 0 aromatic heterocycles. The van der Waals surface area contributed by atoms with E-state index in [4.69, 9.17) is 9.47 Å². The van der Waals surface area contributed by atoms with Gasteiger partial charge < -0.3 is 14.4 Å². The lowest BCUT2D eigenvalue weighted by atomic mass is 9.63. The summed E-state index contributed by atoms with van der Waals surface area (Å²) in [5, 5.41) is 0. The molecule has 0 spiro atoms. The van der Waals surface area contributed by atoms with Crippen molar-refractivity contribution in [3.8, 4) is 11.5 Å². The summed E-state index contributed by atoms with van der Waals surface area (Å²) >= 11 is 0. The number of methoxy groups -OCH3 is 1. The van der Waals surface area contributed by atoms with Crippen LogP contribution >= 0.6 is 0 Å². The first-order chi connectivity index (χ1) is 17.9. The third-order valence-corrected chi connectivity index (χ3v) is 8.78. The maximum absolute atomic E-state index is 13.4. The predicted octanol–water partition coefficient (Wildman–Crippen LogP) is 3.21. The molecule has 8 heteroatoms. The van der Waals surface area contributed by atoms with E-state index in [1.807, 2.05) is 0 Å². The summed E-state index contributed by atoms with van der Waals surface area (Å²) in [7, 11) is 1.56. The van der Waals surface area contributed by atoms with E-state index in [2.05, 4.69) is 12.2 Å². The fraction of sp³-hybridized carbons (Fsp3) is 0.379. The van der Waals surface area contributed by atoms with Crippen molar-refractivity contribution in [1.82, 2.24) is 0 Å². The third kappa shape index (κ3) is 3.35. The van der Waals surface area contributed by atoms with Crippen LogP contribution in [0.5, 0.6) is 11.5 Å². The van der Waals surface area contributed by atoms with Crippen molar-refractivity contribution in [3.05, 3.63) is 60.7 Å². The summed E-state index contributed by atoms with van der Waals surface area (Å²) in [4.78, 5) is 55.3. The average Bonchev–Trinajstić information content (AvgIpc) is 3.58. The van der Waals surface area contributed by atoms with Gasteiger partial charge in [0.05, 0.1) is 30.6 Å². The van der Waals surface area contributed by atoms with Gasteiger partial charge in [-0.05, 0) is 54.4 Å². The van der Waals surface area contributed by atoms with Gasteiger partial charge in [0.15, 0.2) is 0 Å². The molecule has 2 aliphatic heterocycles. The third-order valence-electron chi connectivity index (χ3n) is 8.78. The molecule has 6 aliphatic rings. The van der Waals surface area contributed by atoms with Crippen molar-refractivity contribution in [2.45, 2.75) is 12.8 Å². The summed E-state index contributed by atoms with van der Waals surface area (Å²) in [5.74, 6) is 0.0301. The van der Waals surface area contributed by atoms with Crippen LogP contribution < -0.4 is 19.3 Å². The number of anilines is 2. The van der Waals surface area contributed by atoms with E-state index in [1.54, 1.807) is 60.5 Å². The second-order valence-electron chi connectivity index (χ2n) is 10.7. The van der Waals surface area contributed by atoms with Crippen LogP contribution in [0.25, 0.3) is 0 Å². The lowest BCUT2D eigenvalue weighted by molar-refractivity contribution is -0.139. The number of rotatable bonds is 5. The topological polar surface area (TPSA) is 93.2 Å². The number of carbonyl (C=O) groups is 4. The zero-order valence-electron chi connectivity index (χ0n) is 20.3. The van der Waals surface area contributed by atoms with E-state index in [9.17, 15) is 19.2 Å². The van der Waals surface area contributed by atoms with Crippen LogP contribution in [0.1, 0.15) is 12.8 Å². The normalized spacial score (nSPS) is 33.0. The fourth-order valence-corrected chi connectivity index (χ4v) is 6.99. The zero-order chi connectivity index (χ0) is 25.4. The standard InChI is InChI=1S/C29H26N2O6/c1-36-18-6-2-4-16(11-18)30-14-15(10-24(30)32)29(35)37-19-7-3-5-17(12-19)31-27(33)25-20-8-9-21(23-13-22(20)23)26(25)28(31)34/h2-9,11-12,15,20-23,25-26H,10,13-14H2,1H3/t15-,20-,21-,22-,23+,25+,26+/m1/s1. The number of allylic oxidation sites excluding steroid dienone is 2. The number of amides is 3. The van der Waals surface area contributed by atoms with Gasteiger partial charge in [0.25, 0.3) is 0 Å². The lowest BCUT2D eigenvalue weighted by Crippen LogP contribution is -2.40. The maximum Gasteiger partial charge on any atom is 0.316 e. The molecule has 2 heterocycles. The van der Waals surface area contributed by atoms with Gasteiger partial charge in [-0.15, -0.1) is 0 Å². The lowest BCUT2D eigenvalue weighted by Gasteiger charge is -2.37. The highest BCUT2D eigenvalue weighted by Gasteiger charge is 2.67. The van der Waals surface area contributed by atoms with Crippen LogP contribution in [0.4, 0.5) is 11.4 Å². The summed E-state index contributed by atoms with van der Waals surface area (Å²) in [6.07, 6.45) is 5.44. The molecule has 4 fully saturated rings. The van der Waals surface area contributed by atoms with E-state index >= 15 is 0 Å². The SMILES string of the molecule is COc1cccc(N2C[C@H](C(=O)Oc3cccc(N4C(=O)[C@H]5[C@@H]6C=C[C@H]([C@@H]7C[C@H]67)[C@@H]5C4=O)c3)CC2=O)c1. The molecule has 37 heavy (non-hydrogen) atoms. The molecule has 188 valence electrons. The number of hydrogen-bond acceptors (Lipinski definition) is 6. The molecule has 0 radical (unpaired) electrons. The molecule has 8 nitrogen and oxygen atoms in total. The molecule has 3 amide bonds. The van der Waals surface area contributed by atoms with Crippen molar-refractivity contribution in [3.63, 3.8) is 0 Å². The molecule has 2 aromatic carbocycles. The van der Waals surface area contributed by atoms with Crippen LogP contribution in [0, 0.1) is 41.4 Å². The Kier molecular flexibility index (Phi) is 4.83. The Bertz CT molecular complexity index is 1350. The number of esters is 1. The van der Waals surface area contributed by atoms with E-state index in [0.29, 0.717) is 29.0 Å².